The number of hydrogen-bond acceptors (Lipinski definition) is 3. The van der Waals surface area contributed by atoms with Crippen molar-refractivity contribution < 1.29 is 14.8 Å². The van der Waals surface area contributed by atoms with Crippen LogP contribution < -0.4 is 5.46 Å². The first kappa shape index (κ1) is 16.5. The third kappa shape index (κ3) is 3.51. The Morgan fingerprint density at radius 2 is 1.68 bits per heavy atom. The van der Waals surface area contributed by atoms with Crippen LogP contribution in [0.15, 0.2) is 12.1 Å². The highest BCUT2D eigenvalue weighted by molar-refractivity contribution is 6.61. The third-order valence-electron chi connectivity index (χ3n) is 3.77. The van der Waals surface area contributed by atoms with E-state index in [4.69, 9.17) is 16.3 Å². The molecular weight excluding hydrogens is 262 g/mol. The van der Waals surface area contributed by atoms with Crippen LogP contribution in [0.1, 0.15) is 38.8 Å². The Morgan fingerprint density at radius 3 is 2.16 bits per heavy atom. The molecule has 1 aromatic carbocycles. The Labute approximate surface area is 120 Å². The number of aliphatic hydroxyl groups is 1. The minimum atomic E-state index is -1.13. The summed E-state index contributed by atoms with van der Waals surface area (Å²) in [6, 6.07) is 3.63. The highest BCUT2D eigenvalue weighted by Crippen LogP contribution is 2.26. The zero-order chi connectivity index (χ0) is 15.0. The summed E-state index contributed by atoms with van der Waals surface area (Å²) in [5, 5.41) is 20.9. The number of halogens is 1. The van der Waals surface area contributed by atoms with Crippen molar-refractivity contribution in [2.45, 2.75) is 52.7 Å². The molecule has 0 aliphatic carbocycles. The molecule has 0 atom stereocenters. The molecule has 0 aliphatic heterocycles. The van der Waals surface area contributed by atoms with Gasteiger partial charge in [-0.2, -0.15) is 0 Å². The van der Waals surface area contributed by atoms with Gasteiger partial charge in [-0.1, -0.05) is 23.7 Å². The second kappa shape index (κ2) is 5.45. The quantitative estimate of drug-likeness (QED) is 0.834. The van der Waals surface area contributed by atoms with E-state index in [0.29, 0.717) is 10.5 Å². The van der Waals surface area contributed by atoms with Crippen LogP contribution in [-0.4, -0.2) is 28.5 Å². The molecule has 19 heavy (non-hydrogen) atoms. The van der Waals surface area contributed by atoms with Crippen molar-refractivity contribution in [2.24, 2.45) is 0 Å². The first-order chi connectivity index (χ1) is 8.47. The van der Waals surface area contributed by atoms with Crippen LogP contribution in [0, 0.1) is 13.8 Å². The van der Waals surface area contributed by atoms with Crippen molar-refractivity contribution in [1.82, 2.24) is 0 Å². The van der Waals surface area contributed by atoms with Gasteiger partial charge in [-0.15, -0.1) is 0 Å². The topological polar surface area (TPSA) is 49.7 Å². The molecule has 0 bridgehead atoms. The van der Waals surface area contributed by atoms with E-state index >= 15 is 0 Å². The van der Waals surface area contributed by atoms with Gasteiger partial charge >= 0.3 is 7.12 Å². The fourth-order valence-corrected chi connectivity index (χ4v) is 1.76. The van der Waals surface area contributed by atoms with Crippen LogP contribution >= 0.6 is 11.6 Å². The molecule has 0 unspecified atom stereocenters. The van der Waals surface area contributed by atoms with Crippen LogP contribution in [0.4, 0.5) is 0 Å². The molecule has 5 heteroatoms. The Hall–Kier alpha value is -0.545. The summed E-state index contributed by atoms with van der Waals surface area (Å²) in [6.45, 7) is 10.5. The normalized spacial score (nSPS) is 12.7. The van der Waals surface area contributed by atoms with E-state index in [1.807, 2.05) is 19.9 Å². The molecule has 0 aliphatic rings. The van der Waals surface area contributed by atoms with Crippen LogP contribution in [-0.2, 0) is 4.65 Å². The molecule has 0 heterocycles. The summed E-state index contributed by atoms with van der Waals surface area (Å²) in [7, 11) is -1.13. The van der Waals surface area contributed by atoms with Gasteiger partial charge in [0.2, 0.25) is 0 Å². The molecule has 0 fully saturated rings. The Bertz CT molecular complexity index is 466. The van der Waals surface area contributed by atoms with E-state index in [2.05, 4.69) is 0 Å². The minimum absolute atomic E-state index is 0.618. The SMILES string of the molecule is Cc1ccc(B(O)OC(C)(C)C(C)(C)O)c(C)c1Cl. The van der Waals surface area contributed by atoms with Crippen LogP contribution in [0.25, 0.3) is 0 Å². The summed E-state index contributed by atoms with van der Waals surface area (Å²) in [5.41, 5.74) is 0.401. The van der Waals surface area contributed by atoms with Gasteiger partial charge < -0.3 is 14.8 Å². The Kier molecular flexibility index (Phi) is 4.73. The monoisotopic (exact) mass is 284 g/mol. The number of aryl methyl sites for hydroxylation is 1. The number of hydrogen-bond donors (Lipinski definition) is 2. The van der Waals surface area contributed by atoms with E-state index in [-0.39, 0.29) is 0 Å². The maximum atomic E-state index is 10.2. The summed E-state index contributed by atoms with van der Waals surface area (Å²) in [6.07, 6.45) is 0. The Balaban J connectivity index is 3.03. The highest BCUT2D eigenvalue weighted by atomic mass is 35.5. The number of benzene rings is 1. The molecule has 3 nitrogen and oxygen atoms in total. The van der Waals surface area contributed by atoms with E-state index in [1.54, 1.807) is 33.8 Å². The lowest BCUT2D eigenvalue weighted by Crippen LogP contribution is -2.53. The van der Waals surface area contributed by atoms with E-state index in [9.17, 15) is 10.1 Å². The maximum Gasteiger partial charge on any atom is 0.491 e. The molecule has 0 spiro atoms. The fraction of sp³-hybridized carbons (Fsp3) is 0.571. The van der Waals surface area contributed by atoms with Crippen molar-refractivity contribution in [1.29, 1.82) is 0 Å². The highest BCUT2D eigenvalue weighted by Gasteiger charge is 2.39. The second-order valence-electron chi connectivity index (χ2n) is 5.95. The first-order valence-corrected chi connectivity index (χ1v) is 6.69. The van der Waals surface area contributed by atoms with E-state index in [1.165, 1.54) is 0 Å². The fourth-order valence-electron chi connectivity index (χ4n) is 1.59. The van der Waals surface area contributed by atoms with E-state index in [0.717, 1.165) is 11.1 Å². The predicted molar refractivity (Wildman–Crippen MR) is 80.0 cm³/mol. The van der Waals surface area contributed by atoms with Gasteiger partial charge in [0.05, 0.1) is 11.2 Å². The molecule has 0 saturated carbocycles. The lowest BCUT2D eigenvalue weighted by atomic mass is 9.74. The van der Waals surface area contributed by atoms with Gasteiger partial charge in [-0.25, -0.2) is 0 Å². The molecule has 0 amide bonds. The Morgan fingerprint density at radius 1 is 1.16 bits per heavy atom. The van der Waals surface area contributed by atoms with Gasteiger partial charge in [0, 0.05) is 5.02 Å². The molecular formula is C14H22BClO3. The van der Waals surface area contributed by atoms with E-state index < -0.39 is 18.3 Å². The van der Waals surface area contributed by atoms with Crippen molar-refractivity contribution in [3.63, 3.8) is 0 Å². The lowest BCUT2D eigenvalue weighted by Gasteiger charge is -2.38. The molecule has 0 saturated heterocycles. The van der Waals surface area contributed by atoms with Crippen molar-refractivity contribution in [3.05, 3.63) is 28.3 Å². The predicted octanol–water partition coefficient (Wildman–Crippen LogP) is 2.21. The molecule has 1 aromatic rings. The molecule has 106 valence electrons. The van der Waals surface area contributed by atoms with Gasteiger partial charge in [-0.3, -0.25) is 0 Å². The summed E-state index contributed by atoms with van der Waals surface area (Å²) >= 11 is 6.17. The van der Waals surface area contributed by atoms with Gasteiger partial charge in [0.25, 0.3) is 0 Å². The molecule has 2 N–H and O–H groups in total. The molecule has 1 rings (SSSR count). The zero-order valence-electron chi connectivity index (χ0n) is 12.4. The van der Waals surface area contributed by atoms with Gasteiger partial charge in [-0.05, 0) is 58.1 Å². The van der Waals surface area contributed by atoms with Crippen LogP contribution in [0.3, 0.4) is 0 Å². The zero-order valence-corrected chi connectivity index (χ0v) is 13.2. The molecule has 0 aromatic heterocycles. The van der Waals surface area contributed by atoms with Crippen molar-refractivity contribution in [3.8, 4) is 0 Å². The summed E-state index contributed by atoms with van der Waals surface area (Å²) < 4.78 is 5.61. The van der Waals surface area contributed by atoms with Gasteiger partial charge in [0.1, 0.15) is 0 Å². The van der Waals surface area contributed by atoms with Crippen molar-refractivity contribution >= 4 is 24.2 Å². The smallest absolute Gasteiger partial charge is 0.423 e. The van der Waals surface area contributed by atoms with Crippen LogP contribution in [0.5, 0.6) is 0 Å². The van der Waals surface area contributed by atoms with Crippen molar-refractivity contribution in [2.75, 3.05) is 0 Å². The third-order valence-corrected chi connectivity index (χ3v) is 4.35. The summed E-state index contributed by atoms with van der Waals surface area (Å²) in [5.74, 6) is 0. The number of rotatable bonds is 4. The first-order valence-electron chi connectivity index (χ1n) is 6.31. The van der Waals surface area contributed by atoms with Crippen LogP contribution in [0.2, 0.25) is 5.02 Å². The largest absolute Gasteiger partial charge is 0.491 e. The standard InChI is InChI=1S/C14H22BClO3/c1-9-7-8-11(10(2)12(9)16)15(18)19-14(5,6)13(3,4)17/h7-8,17-18H,1-6H3. The second-order valence-corrected chi connectivity index (χ2v) is 6.33. The molecule has 0 radical (unpaired) electrons. The average Bonchev–Trinajstić information content (AvgIpc) is 2.23. The summed E-state index contributed by atoms with van der Waals surface area (Å²) in [4.78, 5) is 0. The lowest BCUT2D eigenvalue weighted by molar-refractivity contribution is -0.0982. The maximum absolute atomic E-state index is 10.2. The average molecular weight is 285 g/mol. The minimum Gasteiger partial charge on any atom is -0.423 e. The van der Waals surface area contributed by atoms with Gasteiger partial charge in [0.15, 0.2) is 0 Å².